The van der Waals surface area contributed by atoms with Crippen molar-refractivity contribution in [3.8, 4) is 0 Å². The van der Waals surface area contributed by atoms with E-state index in [2.05, 4.69) is 5.16 Å². The SMILES string of the molecule is COCc1noc(=O)n1CCC1CCC2(CC1)CC2. The van der Waals surface area contributed by atoms with Crippen molar-refractivity contribution in [1.29, 1.82) is 0 Å². The minimum atomic E-state index is -0.360. The quantitative estimate of drug-likeness (QED) is 0.820. The van der Waals surface area contributed by atoms with E-state index in [-0.39, 0.29) is 5.76 Å². The molecule has 1 heterocycles. The third-order valence-electron chi connectivity index (χ3n) is 4.92. The van der Waals surface area contributed by atoms with Crippen LogP contribution >= 0.6 is 0 Å². The zero-order valence-electron chi connectivity index (χ0n) is 11.6. The van der Waals surface area contributed by atoms with Crippen LogP contribution in [0.1, 0.15) is 50.8 Å². The summed E-state index contributed by atoms with van der Waals surface area (Å²) in [6.45, 7) is 1.04. The molecule has 2 aliphatic rings. The lowest BCUT2D eigenvalue weighted by molar-refractivity contribution is 0.170. The number of ether oxygens (including phenoxy) is 1. The second kappa shape index (κ2) is 5.12. The molecule has 19 heavy (non-hydrogen) atoms. The summed E-state index contributed by atoms with van der Waals surface area (Å²) in [6.07, 6.45) is 9.36. The summed E-state index contributed by atoms with van der Waals surface area (Å²) < 4.78 is 11.4. The minimum absolute atomic E-state index is 0.333. The molecule has 0 amide bonds. The first-order chi connectivity index (χ1) is 9.22. The van der Waals surface area contributed by atoms with Gasteiger partial charge in [0.1, 0.15) is 6.61 Å². The Morgan fingerprint density at radius 3 is 2.74 bits per heavy atom. The third-order valence-corrected chi connectivity index (χ3v) is 4.92. The first-order valence-corrected chi connectivity index (χ1v) is 7.27. The fourth-order valence-electron chi connectivity index (χ4n) is 3.32. The predicted octanol–water partition coefficient (Wildman–Crippen LogP) is 2.34. The van der Waals surface area contributed by atoms with E-state index in [4.69, 9.17) is 9.26 Å². The van der Waals surface area contributed by atoms with Crippen molar-refractivity contribution in [2.75, 3.05) is 7.11 Å². The molecule has 5 heteroatoms. The molecule has 2 saturated carbocycles. The van der Waals surface area contributed by atoms with Crippen molar-refractivity contribution < 1.29 is 9.26 Å². The first-order valence-electron chi connectivity index (χ1n) is 7.27. The van der Waals surface area contributed by atoms with Crippen molar-refractivity contribution in [1.82, 2.24) is 9.72 Å². The average molecular weight is 266 g/mol. The monoisotopic (exact) mass is 266 g/mol. The summed E-state index contributed by atoms with van der Waals surface area (Å²) in [5.41, 5.74) is 0.742. The highest BCUT2D eigenvalue weighted by atomic mass is 16.5. The Labute approximate surface area is 112 Å². The fraction of sp³-hybridized carbons (Fsp3) is 0.857. The standard InChI is InChI=1S/C14H22N2O3/c1-18-10-12-15-19-13(17)16(12)9-4-11-2-5-14(6-3-11)7-8-14/h11H,2-10H2,1H3. The molecule has 0 radical (unpaired) electrons. The fourth-order valence-corrected chi connectivity index (χ4v) is 3.32. The second-order valence-electron chi connectivity index (χ2n) is 6.18. The lowest BCUT2D eigenvalue weighted by Crippen LogP contribution is -2.22. The molecule has 0 atom stereocenters. The summed E-state index contributed by atoms with van der Waals surface area (Å²) in [7, 11) is 1.60. The molecule has 0 N–H and O–H groups in total. The van der Waals surface area contributed by atoms with Gasteiger partial charge in [0, 0.05) is 13.7 Å². The van der Waals surface area contributed by atoms with Crippen molar-refractivity contribution in [3.05, 3.63) is 16.4 Å². The molecule has 0 saturated heterocycles. The van der Waals surface area contributed by atoms with Gasteiger partial charge in [-0.3, -0.25) is 9.09 Å². The number of hydrogen-bond acceptors (Lipinski definition) is 4. The Bertz CT molecular complexity index is 477. The molecule has 106 valence electrons. The van der Waals surface area contributed by atoms with Crippen LogP contribution in [0.2, 0.25) is 0 Å². The lowest BCUT2D eigenvalue weighted by Gasteiger charge is -2.28. The zero-order chi connectivity index (χ0) is 13.3. The van der Waals surface area contributed by atoms with Gasteiger partial charge in [-0.1, -0.05) is 5.16 Å². The van der Waals surface area contributed by atoms with Crippen LogP contribution in [0.25, 0.3) is 0 Å². The minimum Gasteiger partial charge on any atom is -0.377 e. The average Bonchev–Trinajstić information content (AvgIpc) is 3.09. The summed E-state index contributed by atoms with van der Waals surface area (Å²) in [6, 6.07) is 0. The third kappa shape index (κ3) is 2.76. The van der Waals surface area contributed by atoms with Crippen LogP contribution in [-0.2, 0) is 17.9 Å². The summed E-state index contributed by atoms with van der Waals surface area (Å²) >= 11 is 0. The van der Waals surface area contributed by atoms with Gasteiger partial charge < -0.3 is 4.74 Å². The van der Waals surface area contributed by atoms with Gasteiger partial charge in [0.05, 0.1) is 0 Å². The van der Waals surface area contributed by atoms with Crippen LogP contribution in [0.15, 0.2) is 9.32 Å². The topological polar surface area (TPSA) is 57.3 Å². The van der Waals surface area contributed by atoms with Crippen molar-refractivity contribution in [3.63, 3.8) is 0 Å². The van der Waals surface area contributed by atoms with E-state index in [1.165, 1.54) is 38.5 Å². The number of aromatic nitrogens is 2. The highest BCUT2D eigenvalue weighted by Crippen LogP contribution is 2.57. The Morgan fingerprint density at radius 1 is 1.37 bits per heavy atom. The van der Waals surface area contributed by atoms with Gasteiger partial charge in [-0.2, -0.15) is 0 Å². The summed E-state index contributed by atoms with van der Waals surface area (Å²) in [5.74, 6) is 0.993. The van der Waals surface area contributed by atoms with Crippen LogP contribution < -0.4 is 5.76 Å². The molecule has 0 bridgehead atoms. The Morgan fingerprint density at radius 2 is 2.11 bits per heavy atom. The Hall–Kier alpha value is -1.10. The highest BCUT2D eigenvalue weighted by molar-refractivity contribution is 4.96. The molecule has 1 spiro atoms. The van der Waals surface area contributed by atoms with Crippen LogP contribution in [0.4, 0.5) is 0 Å². The molecule has 0 unspecified atom stereocenters. The maximum atomic E-state index is 11.6. The number of rotatable bonds is 5. The van der Waals surface area contributed by atoms with Gasteiger partial charge in [0.15, 0.2) is 5.82 Å². The molecule has 5 nitrogen and oxygen atoms in total. The van der Waals surface area contributed by atoms with Gasteiger partial charge in [-0.05, 0) is 56.3 Å². The van der Waals surface area contributed by atoms with Crippen molar-refractivity contribution in [2.45, 2.75) is 58.1 Å². The Kier molecular flexibility index (Phi) is 3.48. The smallest absolute Gasteiger partial charge is 0.377 e. The maximum Gasteiger partial charge on any atom is 0.441 e. The van der Waals surface area contributed by atoms with E-state index >= 15 is 0 Å². The van der Waals surface area contributed by atoms with Gasteiger partial charge in [0.25, 0.3) is 0 Å². The van der Waals surface area contributed by atoms with Crippen molar-refractivity contribution in [2.24, 2.45) is 11.3 Å². The van der Waals surface area contributed by atoms with E-state index in [0.717, 1.165) is 17.8 Å². The van der Waals surface area contributed by atoms with Crippen LogP contribution in [0.3, 0.4) is 0 Å². The zero-order valence-corrected chi connectivity index (χ0v) is 11.6. The Balaban J connectivity index is 1.54. The molecular weight excluding hydrogens is 244 g/mol. The highest BCUT2D eigenvalue weighted by Gasteiger charge is 2.44. The predicted molar refractivity (Wildman–Crippen MR) is 69.7 cm³/mol. The molecule has 1 aromatic heterocycles. The summed E-state index contributed by atoms with van der Waals surface area (Å²) in [4.78, 5) is 11.6. The van der Waals surface area contributed by atoms with Crippen LogP contribution in [0.5, 0.6) is 0 Å². The van der Waals surface area contributed by atoms with E-state index < -0.39 is 0 Å². The van der Waals surface area contributed by atoms with Gasteiger partial charge in [-0.25, -0.2) is 4.79 Å². The molecule has 0 aliphatic heterocycles. The molecule has 2 aliphatic carbocycles. The maximum absolute atomic E-state index is 11.6. The number of hydrogen-bond donors (Lipinski definition) is 0. The van der Waals surface area contributed by atoms with Crippen LogP contribution in [0, 0.1) is 11.3 Å². The van der Waals surface area contributed by atoms with E-state index in [9.17, 15) is 4.79 Å². The lowest BCUT2D eigenvalue weighted by atomic mass is 9.78. The van der Waals surface area contributed by atoms with Gasteiger partial charge in [-0.15, -0.1) is 0 Å². The second-order valence-corrected chi connectivity index (χ2v) is 6.18. The number of nitrogens with zero attached hydrogens (tertiary/aromatic N) is 2. The van der Waals surface area contributed by atoms with E-state index in [0.29, 0.717) is 19.0 Å². The van der Waals surface area contributed by atoms with Crippen molar-refractivity contribution >= 4 is 0 Å². The largest absolute Gasteiger partial charge is 0.441 e. The van der Waals surface area contributed by atoms with E-state index in [1.54, 1.807) is 11.7 Å². The first kappa shape index (κ1) is 12.9. The van der Waals surface area contributed by atoms with E-state index in [1.807, 2.05) is 0 Å². The molecule has 1 aromatic rings. The molecule has 3 rings (SSSR count). The molecular formula is C14H22N2O3. The van der Waals surface area contributed by atoms with Gasteiger partial charge >= 0.3 is 5.76 Å². The summed E-state index contributed by atoms with van der Waals surface area (Å²) in [5, 5.41) is 3.75. The van der Waals surface area contributed by atoms with Crippen LogP contribution in [-0.4, -0.2) is 16.8 Å². The normalized spacial score (nSPS) is 21.9. The molecule has 2 fully saturated rings. The van der Waals surface area contributed by atoms with Gasteiger partial charge in [0.2, 0.25) is 0 Å². The number of methoxy groups -OCH3 is 1. The molecule has 0 aromatic carbocycles.